The van der Waals surface area contributed by atoms with Crippen molar-refractivity contribution in [2.75, 3.05) is 18.5 Å². The van der Waals surface area contributed by atoms with Gasteiger partial charge in [-0.25, -0.2) is 4.98 Å². The summed E-state index contributed by atoms with van der Waals surface area (Å²) in [4.78, 5) is 20.6. The SMILES string of the molecule is CCOc1ccc(-c2noc(CCC(=O)Nc3nc(C)cs3)n2)cc1OCC. The second-order valence-electron chi connectivity index (χ2n) is 5.88. The molecule has 0 fully saturated rings. The van der Waals surface area contributed by atoms with Gasteiger partial charge < -0.3 is 19.3 Å². The number of thiazole rings is 1. The van der Waals surface area contributed by atoms with Crippen molar-refractivity contribution >= 4 is 22.4 Å². The smallest absolute Gasteiger partial charge is 0.227 e. The highest BCUT2D eigenvalue weighted by atomic mass is 32.1. The molecule has 1 aromatic carbocycles. The normalized spacial score (nSPS) is 10.7. The molecular formula is C19H22N4O4S. The molecular weight excluding hydrogens is 380 g/mol. The van der Waals surface area contributed by atoms with Crippen molar-refractivity contribution < 1.29 is 18.8 Å². The zero-order valence-electron chi connectivity index (χ0n) is 16.0. The van der Waals surface area contributed by atoms with Crippen LogP contribution >= 0.6 is 11.3 Å². The predicted octanol–water partition coefficient (Wildman–Crippen LogP) is 3.87. The molecule has 0 bridgehead atoms. The van der Waals surface area contributed by atoms with Crippen molar-refractivity contribution in [1.82, 2.24) is 15.1 Å². The van der Waals surface area contributed by atoms with Gasteiger partial charge >= 0.3 is 0 Å². The quantitative estimate of drug-likeness (QED) is 0.580. The van der Waals surface area contributed by atoms with Crippen molar-refractivity contribution in [1.29, 1.82) is 0 Å². The molecule has 1 N–H and O–H groups in total. The minimum absolute atomic E-state index is 0.145. The highest BCUT2D eigenvalue weighted by molar-refractivity contribution is 7.13. The van der Waals surface area contributed by atoms with Gasteiger partial charge in [-0.2, -0.15) is 4.98 Å². The van der Waals surface area contributed by atoms with Gasteiger partial charge in [0.1, 0.15) is 0 Å². The van der Waals surface area contributed by atoms with Gasteiger partial charge in [0.25, 0.3) is 0 Å². The van der Waals surface area contributed by atoms with Gasteiger partial charge in [-0.1, -0.05) is 5.16 Å². The third-order valence-electron chi connectivity index (χ3n) is 3.70. The van der Waals surface area contributed by atoms with Gasteiger partial charge in [0.15, 0.2) is 16.6 Å². The van der Waals surface area contributed by atoms with Gasteiger partial charge in [-0.15, -0.1) is 11.3 Å². The van der Waals surface area contributed by atoms with E-state index in [0.717, 1.165) is 11.3 Å². The number of nitrogens with zero attached hydrogens (tertiary/aromatic N) is 3. The third-order valence-corrected chi connectivity index (χ3v) is 4.58. The number of carbonyl (C=O) groups is 1. The number of benzene rings is 1. The van der Waals surface area contributed by atoms with Crippen LogP contribution in [0.25, 0.3) is 11.4 Å². The van der Waals surface area contributed by atoms with E-state index in [2.05, 4.69) is 20.4 Å². The Morgan fingerprint density at radius 1 is 1.18 bits per heavy atom. The van der Waals surface area contributed by atoms with Crippen LogP contribution in [0.5, 0.6) is 11.5 Å². The highest BCUT2D eigenvalue weighted by Gasteiger charge is 2.14. The molecule has 0 aliphatic heterocycles. The van der Waals surface area contributed by atoms with Crippen LogP contribution in [0.15, 0.2) is 28.1 Å². The molecule has 0 atom stereocenters. The Labute approximate surface area is 166 Å². The molecule has 3 rings (SSSR count). The van der Waals surface area contributed by atoms with E-state index in [-0.39, 0.29) is 12.3 Å². The average molecular weight is 402 g/mol. The summed E-state index contributed by atoms with van der Waals surface area (Å²) >= 11 is 1.39. The number of rotatable bonds is 9. The number of hydrogen-bond donors (Lipinski definition) is 1. The summed E-state index contributed by atoms with van der Waals surface area (Å²) in [5.41, 5.74) is 1.63. The molecule has 1 amide bonds. The largest absolute Gasteiger partial charge is 0.490 e. The van der Waals surface area contributed by atoms with Gasteiger partial charge in [0.05, 0.1) is 18.9 Å². The van der Waals surface area contributed by atoms with E-state index in [9.17, 15) is 4.79 Å². The molecule has 0 aliphatic rings. The monoisotopic (exact) mass is 402 g/mol. The Bertz CT molecular complexity index is 938. The zero-order chi connectivity index (χ0) is 19.9. The summed E-state index contributed by atoms with van der Waals surface area (Å²) in [6.45, 7) is 6.78. The zero-order valence-corrected chi connectivity index (χ0v) is 16.8. The van der Waals surface area contributed by atoms with E-state index in [1.807, 2.05) is 44.4 Å². The maximum atomic E-state index is 12.0. The Morgan fingerprint density at radius 2 is 1.96 bits per heavy atom. The van der Waals surface area contributed by atoms with Crippen molar-refractivity contribution in [3.05, 3.63) is 35.2 Å². The van der Waals surface area contributed by atoms with E-state index in [4.69, 9.17) is 14.0 Å². The second kappa shape index (κ2) is 9.32. The molecule has 9 heteroatoms. The van der Waals surface area contributed by atoms with Crippen molar-refractivity contribution in [2.24, 2.45) is 0 Å². The molecule has 0 aliphatic carbocycles. The molecule has 3 aromatic rings. The van der Waals surface area contributed by atoms with Crippen LogP contribution in [0.2, 0.25) is 0 Å². The van der Waals surface area contributed by atoms with Crippen LogP contribution in [0.3, 0.4) is 0 Å². The van der Waals surface area contributed by atoms with Gasteiger partial charge in [-0.05, 0) is 39.0 Å². The van der Waals surface area contributed by atoms with Gasteiger partial charge in [0, 0.05) is 23.8 Å². The number of aromatic nitrogens is 3. The second-order valence-corrected chi connectivity index (χ2v) is 6.74. The first-order valence-electron chi connectivity index (χ1n) is 9.03. The van der Waals surface area contributed by atoms with E-state index < -0.39 is 0 Å². The fourth-order valence-electron chi connectivity index (χ4n) is 2.48. The number of ether oxygens (including phenoxy) is 2. The molecule has 0 saturated heterocycles. The van der Waals surface area contributed by atoms with Crippen molar-refractivity contribution in [2.45, 2.75) is 33.6 Å². The fraction of sp³-hybridized carbons (Fsp3) is 0.368. The molecule has 2 aromatic heterocycles. The summed E-state index contributed by atoms with van der Waals surface area (Å²) in [7, 11) is 0. The maximum Gasteiger partial charge on any atom is 0.227 e. The van der Waals surface area contributed by atoms with Crippen molar-refractivity contribution in [3.63, 3.8) is 0 Å². The van der Waals surface area contributed by atoms with Crippen LogP contribution in [0.1, 0.15) is 31.9 Å². The van der Waals surface area contributed by atoms with Crippen LogP contribution < -0.4 is 14.8 Å². The minimum Gasteiger partial charge on any atom is -0.490 e. The van der Waals surface area contributed by atoms with Crippen LogP contribution in [0.4, 0.5) is 5.13 Å². The number of amides is 1. The van der Waals surface area contributed by atoms with Crippen LogP contribution in [-0.2, 0) is 11.2 Å². The number of aryl methyl sites for hydroxylation is 2. The van der Waals surface area contributed by atoms with Gasteiger partial charge in [-0.3, -0.25) is 4.79 Å². The lowest BCUT2D eigenvalue weighted by atomic mass is 10.2. The average Bonchev–Trinajstić information content (AvgIpc) is 3.31. The number of nitrogens with one attached hydrogen (secondary N) is 1. The molecule has 2 heterocycles. The standard InChI is InChI=1S/C19H22N4O4S/c1-4-25-14-7-6-13(10-15(14)26-5-2)18-22-17(27-23-18)9-8-16(24)21-19-20-12(3)11-28-19/h6-7,10-11H,4-5,8-9H2,1-3H3,(H,20,21,24). The van der Waals surface area contributed by atoms with E-state index >= 15 is 0 Å². The Balaban J connectivity index is 1.63. The molecule has 0 unspecified atom stereocenters. The molecule has 0 radical (unpaired) electrons. The Hall–Kier alpha value is -2.94. The molecule has 0 spiro atoms. The molecule has 148 valence electrons. The summed E-state index contributed by atoms with van der Waals surface area (Å²) in [5, 5.41) is 9.24. The third kappa shape index (κ3) is 5.07. The molecule has 8 nitrogen and oxygen atoms in total. The first kappa shape index (κ1) is 19.8. The lowest BCUT2D eigenvalue weighted by Gasteiger charge is -2.11. The minimum atomic E-state index is -0.145. The fourth-order valence-corrected chi connectivity index (χ4v) is 3.18. The maximum absolute atomic E-state index is 12.0. The van der Waals surface area contributed by atoms with Gasteiger partial charge in [0.2, 0.25) is 17.6 Å². The Kier molecular flexibility index (Phi) is 6.59. The molecule has 0 saturated carbocycles. The van der Waals surface area contributed by atoms with E-state index in [1.54, 1.807) is 0 Å². The lowest BCUT2D eigenvalue weighted by Crippen LogP contribution is -2.12. The first-order chi connectivity index (χ1) is 13.6. The summed E-state index contributed by atoms with van der Waals surface area (Å²) in [5.74, 6) is 1.99. The summed E-state index contributed by atoms with van der Waals surface area (Å²) in [6, 6.07) is 5.49. The van der Waals surface area contributed by atoms with E-state index in [0.29, 0.717) is 48.0 Å². The first-order valence-corrected chi connectivity index (χ1v) is 9.91. The topological polar surface area (TPSA) is 99.4 Å². The lowest BCUT2D eigenvalue weighted by molar-refractivity contribution is -0.116. The predicted molar refractivity (Wildman–Crippen MR) is 106 cm³/mol. The highest BCUT2D eigenvalue weighted by Crippen LogP contribution is 2.32. The Morgan fingerprint density at radius 3 is 2.68 bits per heavy atom. The summed E-state index contributed by atoms with van der Waals surface area (Å²) < 4.78 is 16.5. The number of anilines is 1. The molecule has 28 heavy (non-hydrogen) atoms. The van der Waals surface area contributed by atoms with Crippen LogP contribution in [0, 0.1) is 6.92 Å². The number of carbonyl (C=O) groups excluding carboxylic acids is 1. The van der Waals surface area contributed by atoms with Crippen LogP contribution in [-0.4, -0.2) is 34.2 Å². The summed E-state index contributed by atoms with van der Waals surface area (Å²) in [6.07, 6.45) is 0.576. The van der Waals surface area contributed by atoms with Crippen molar-refractivity contribution in [3.8, 4) is 22.9 Å². The van der Waals surface area contributed by atoms with E-state index in [1.165, 1.54) is 11.3 Å². The number of hydrogen-bond acceptors (Lipinski definition) is 8.